The van der Waals surface area contributed by atoms with Crippen LogP contribution in [0.5, 0.6) is 0 Å². The number of carbonyl (C=O) groups excluding carboxylic acids is 2. The molecule has 0 saturated heterocycles. The fraction of sp³-hybridized carbons (Fsp3) is 0.455. The van der Waals surface area contributed by atoms with Crippen LogP contribution in [0, 0.1) is 0 Å². The number of anilines is 1. The molecular weight excluding hydrogens is 238 g/mol. The number of likely N-dealkylation sites (N-methyl/N-ethyl adjacent to an activating group) is 1. The Labute approximate surface area is 105 Å². The molecule has 7 nitrogen and oxygen atoms in total. The molecule has 1 aromatic heterocycles. The molecule has 0 aliphatic heterocycles. The summed E-state index contributed by atoms with van der Waals surface area (Å²) in [6, 6.07) is 3.10. The highest BCUT2D eigenvalue weighted by molar-refractivity contribution is 5.87. The van der Waals surface area contributed by atoms with E-state index in [1.807, 2.05) is 6.92 Å². The molecule has 0 aliphatic carbocycles. The van der Waals surface area contributed by atoms with Crippen molar-refractivity contribution in [2.75, 3.05) is 32.2 Å². The summed E-state index contributed by atoms with van der Waals surface area (Å²) < 4.78 is 9.10. The lowest BCUT2D eigenvalue weighted by atomic mass is 10.3. The quantitative estimate of drug-likeness (QED) is 0.696. The molecule has 1 aromatic rings. The Balaban J connectivity index is 2.81. The summed E-state index contributed by atoms with van der Waals surface area (Å²) in [5.74, 6) is -0.420. The predicted octanol–water partition coefficient (Wildman–Crippen LogP) is 0.262. The summed E-state index contributed by atoms with van der Waals surface area (Å²) >= 11 is 0. The molecule has 0 aromatic carbocycles. The van der Waals surface area contributed by atoms with Gasteiger partial charge in [0.15, 0.2) is 11.5 Å². The molecule has 0 unspecified atom stereocenters. The summed E-state index contributed by atoms with van der Waals surface area (Å²) in [4.78, 5) is 24.0. The van der Waals surface area contributed by atoms with E-state index >= 15 is 0 Å². The molecule has 0 spiro atoms. The van der Waals surface area contributed by atoms with E-state index in [-0.39, 0.29) is 18.2 Å². The van der Waals surface area contributed by atoms with Gasteiger partial charge < -0.3 is 14.4 Å². The van der Waals surface area contributed by atoms with E-state index in [0.29, 0.717) is 12.4 Å². The monoisotopic (exact) mass is 253 g/mol. The number of nitrogens with zero attached hydrogens (tertiary/aromatic N) is 3. The normalized spacial score (nSPS) is 9.72. The Kier molecular flexibility index (Phi) is 5.04. The highest BCUT2D eigenvalue weighted by Gasteiger charge is 2.13. The fourth-order valence-electron chi connectivity index (χ4n) is 1.28. The third-order valence-electron chi connectivity index (χ3n) is 2.30. The Hall–Kier alpha value is -2.18. The zero-order valence-electron chi connectivity index (χ0n) is 10.5. The van der Waals surface area contributed by atoms with E-state index in [9.17, 15) is 9.59 Å². The first-order valence-corrected chi connectivity index (χ1v) is 5.36. The topological polar surface area (TPSA) is 81.6 Å². The van der Waals surface area contributed by atoms with Crippen LogP contribution in [-0.2, 0) is 14.3 Å². The molecule has 0 N–H and O–H groups in total. The number of ether oxygens (including phenoxy) is 2. The minimum Gasteiger partial charge on any atom is -0.468 e. The second-order valence-corrected chi connectivity index (χ2v) is 3.36. The molecule has 0 radical (unpaired) electrons. The SMILES string of the molecule is CCN(CC(=O)OC)c1ccc(C(=O)OC)nn1. The second-order valence-electron chi connectivity index (χ2n) is 3.36. The van der Waals surface area contributed by atoms with Gasteiger partial charge in [0.05, 0.1) is 14.2 Å². The smallest absolute Gasteiger partial charge is 0.358 e. The molecule has 0 aliphatic rings. The largest absolute Gasteiger partial charge is 0.468 e. The summed E-state index contributed by atoms with van der Waals surface area (Å²) in [7, 11) is 2.59. The van der Waals surface area contributed by atoms with E-state index in [1.54, 1.807) is 11.0 Å². The van der Waals surface area contributed by atoms with Crippen molar-refractivity contribution in [3.8, 4) is 0 Å². The van der Waals surface area contributed by atoms with Crippen molar-refractivity contribution >= 4 is 17.8 Å². The third-order valence-corrected chi connectivity index (χ3v) is 2.30. The van der Waals surface area contributed by atoms with Gasteiger partial charge in [-0.05, 0) is 19.1 Å². The van der Waals surface area contributed by atoms with Crippen molar-refractivity contribution in [1.29, 1.82) is 0 Å². The first-order valence-electron chi connectivity index (χ1n) is 5.36. The van der Waals surface area contributed by atoms with E-state index in [2.05, 4.69) is 19.7 Å². The van der Waals surface area contributed by atoms with Crippen LogP contribution >= 0.6 is 0 Å². The molecule has 98 valence electrons. The number of methoxy groups -OCH3 is 2. The summed E-state index contributed by atoms with van der Waals surface area (Å²) in [6.45, 7) is 2.53. The van der Waals surface area contributed by atoms with Gasteiger partial charge >= 0.3 is 11.9 Å². The molecule has 18 heavy (non-hydrogen) atoms. The van der Waals surface area contributed by atoms with Gasteiger partial charge in [0, 0.05) is 6.54 Å². The maximum Gasteiger partial charge on any atom is 0.358 e. The van der Waals surface area contributed by atoms with Crippen molar-refractivity contribution in [2.24, 2.45) is 0 Å². The minimum absolute atomic E-state index is 0.0826. The molecular formula is C11H15N3O4. The van der Waals surface area contributed by atoms with Gasteiger partial charge in [-0.2, -0.15) is 0 Å². The van der Waals surface area contributed by atoms with Crippen molar-refractivity contribution in [3.05, 3.63) is 17.8 Å². The molecule has 7 heteroatoms. The number of aromatic nitrogens is 2. The van der Waals surface area contributed by atoms with Crippen LogP contribution in [0.15, 0.2) is 12.1 Å². The number of hydrogen-bond acceptors (Lipinski definition) is 7. The highest BCUT2D eigenvalue weighted by Crippen LogP contribution is 2.09. The van der Waals surface area contributed by atoms with E-state index in [4.69, 9.17) is 0 Å². The predicted molar refractivity (Wildman–Crippen MR) is 63.3 cm³/mol. The van der Waals surface area contributed by atoms with Gasteiger partial charge in [-0.25, -0.2) is 4.79 Å². The van der Waals surface area contributed by atoms with Gasteiger partial charge in [0.25, 0.3) is 0 Å². The Morgan fingerprint density at radius 2 is 1.94 bits per heavy atom. The number of rotatable bonds is 5. The lowest BCUT2D eigenvalue weighted by Crippen LogP contribution is -2.31. The van der Waals surface area contributed by atoms with Crippen LogP contribution in [0.1, 0.15) is 17.4 Å². The van der Waals surface area contributed by atoms with E-state index in [1.165, 1.54) is 20.3 Å². The van der Waals surface area contributed by atoms with Gasteiger partial charge in [-0.1, -0.05) is 0 Å². The highest BCUT2D eigenvalue weighted by atomic mass is 16.5. The Morgan fingerprint density at radius 3 is 2.39 bits per heavy atom. The zero-order chi connectivity index (χ0) is 13.5. The lowest BCUT2D eigenvalue weighted by Gasteiger charge is -2.19. The first-order chi connectivity index (χ1) is 8.62. The van der Waals surface area contributed by atoms with Crippen molar-refractivity contribution in [3.63, 3.8) is 0 Å². The molecule has 0 bridgehead atoms. The van der Waals surface area contributed by atoms with Crippen LogP contribution in [-0.4, -0.2) is 49.4 Å². The summed E-state index contributed by atoms with van der Waals surface area (Å²) in [5, 5.41) is 7.61. The van der Waals surface area contributed by atoms with Gasteiger partial charge in [0.2, 0.25) is 0 Å². The average Bonchev–Trinajstić information content (AvgIpc) is 2.43. The summed E-state index contributed by atoms with van der Waals surface area (Å²) in [5.41, 5.74) is 0.121. The van der Waals surface area contributed by atoms with Crippen LogP contribution < -0.4 is 4.90 Å². The Morgan fingerprint density at radius 1 is 1.22 bits per heavy atom. The number of hydrogen-bond donors (Lipinski definition) is 0. The summed E-state index contributed by atoms with van der Waals surface area (Å²) in [6.07, 6.45) is 0. The van der Waals surface area contributed by atoms with E-state index in [0.717, 1.165) is 0 Å². The number of carbonyl (C=O) groups is 2. The molecule has 1 heterocycles. The van der Waals surface area contributed by atoms with Crippen LogP contribution in [0.25, 0.3) is 0 Å². The van der Waals surface area contributed by atoms with Gasteiger partial charge in [0.1, 0.15) is 6.54 Å². The third kappa shape index (κ3) is 3.41. The first kappa shape index (κ1) is 13.9. The van der Waals surface area contributed by atoms with Crippen molar-refractivity contribution in [1.82, 2.24) is 10.2 Å². The second kappa shape index (κ2) is 6.53. The Bertz CT molecular complexity index is 419. The molecule has 0 saturated carbocycles. The number of esters is 2. The molecule has 0 atom stereocenters. The van der Waals surface area contributed by atoms with Crippen LogP contribution in [0.4, 0.5) is 5.82 Å². The fourth-order valence-corrected chi connectivity index (χ4v) is 1.28. The maximum atomic E-state index is 11.2. The van der Waals surface area contributed by atoms with Crippen molar-refractivity contribution < 1.29 is 19.1 Å². The standard InChI is InChI=1S/C11H15N3O4/c1-4-14(7-10(15)17-2)9-6-5-8(12-13-9)11(16)18-3/h5-6H,4,7H2,1-3H3. The molecule has 0 fully saturated rings. The van der Waals surface area contributed by atoms with Gasteiger partial charge in [-0.3, -0.25) is 4.79 Å². The molecule has 1 rings (SSSR count). The lowest BCUT2D eigenvalue weighted by molar-refractivity contribution is -0.138. The maximum absolute atomic E-state index is 11.2. The zero-order valence-corrected chi connectivity index (χ0v) is 10.5. The average molecular weight is 253 g/mol. The minimum atomic E-state index is -0.551. The van der Waals surface area contributed by atoms with Gasteiger partial charge in [-0.15, -0.1) is 10.2 Å². The van der Waals surface area contributed by atoms with Crippen molar-refractivity contribution in [2.45, 2.75) is 6.92 Å². The van der Waals surface area contributed by atoms with Crippen LogP contribution in [0.3, 0.4) is 0 Å². The molecule has 0 amide bonds. The van der Waals surface area contributed by atoms with E-state index < -0.39 is 5.97 Å². The van der Waals surface area contributed by atoms with Crippen LogP contribution in [0.2, 0.25) is 0 Å².